The van der Waals surface area contributed by atoms with Crippen LogP contribution in [0.2, 0.25) is 0 Å². The summed E-state index contributed by atoms with van der Waals surface area (Å²) in [5.41, 5.74) is 8.91. The minimum Gasteiger partial charge on any atom is -0.408 e. The summed E-state index contributed by atoms with van der Waals surface area (Å²) < 4.78 is 6.76. The maximum atomic E-state index is 11.5. The van der Waals surface area contributed by atoms with E-state index < -0.39 is 0 Å². The summed E-state index contributed by atoms with van der Waals surface area (Å²) in [5, 5.41) is 0. The zero-order valence-corrected chi connectivity index (χ0v) is 12.6. The second-order valence-corrected chi connectivity index (χ2v) is 5.52. The van der Waals surface area contributed by atoms with Crippen molar-refractivity contribution in [3.63, 3.8) is 0 Å². The molecule has 0 saturated carbocycles. The zero-order chi connectivity index (χ0) is 14.7. The molecule has 0 aliphatic rings. The summed E-state index contributed by atoms with van der Waals surface area (Å²) >= 11 is 0. The first-order valence-corrected chi connectivity index (χ1v) is 7.43. The molecule has 110 valence electrons. The number of aromatic nitrogens is 1. The molecule has 0 amide bonds. The van der Waals surface area contributed by atoms with E-state index in [1.807, 2.05) is 18.2 Å². The summed E-state index contributed by atoms with van der Waals surface area (Å²) in [6, 6.07) is 5.86. The standard InChI is InChI=1S/C16H24N2O2/c1-4-6-11(7-5-2)15(17)12-8-9-13-14(10-12)20-16(19)18(13)3/h8-11,15H,4-7,17H2,1-3H3. The highest BCUT2D eigenvalue weighted by molar-refractivity contribution is 5.73. The van der Waals surface area contributed by atoms with Crippen LogP contribution in [0.1, 0.15) is 51.1 Å². The third-order valence-electron chi connectivity index (χ3n) is 4.03. The number of hydrogen-bond donors (Lipinski definition) is 1. The van der Waals surface area contributed by atoms with Crippen LogP contribution in [0.15, 0.2) is 27.4 Å². The van der Waals surface area contributed by atoms with E-state index in [4.69, 9.17) is 10.2 Å². The predicted octanol–water partition coefficient (Wildman–Crippen LogP) is 3.35. The van der Waals surface area contributed by atoms with Crippen molar-refractivity contribution in [2.24, 2.45) is 18.7 Å². The molecule has 1 aromatic carbocycles. The Morgan fingerprint density at radius 2 is 1.90 bits per heavy atom. The van der Waals surface area contributed by atoms with E-state index in [1.165, 1.54) is 4.57 Å². The molecule has 0 spiro atoms. The van der Waals surface area contributed by atoms with E-state index in [-0.39, 0.29) is 11.8 Å². The molecular formula is C16H24N2O2. The monoisotopic (exact) mass is 276 g/mol. The first kappa shape index (κ1) is 14.9. The van der Waals surface area contributed by atoms with Crippen LogP contribution in [0.3, 0.4) is 0 Å². The van der Waals surface area contributed by atoms with Gasteiger partial charge in [0, 0.05) is 13.1 Å². The van der Waals surface area contributed by atoms with Gasteiger partial charge < -0.3 is 10.2 Å². The fraction of sp³-hybridized carbons (Fsp3) is 0.562. The lowest BCUT2D eigenvalue weighted by Crippen LogP contribution is -2.21. The van der Waals surface area contributed by atoms with E-state index in [2.05, 4.69) is 13.8 Å². The maximum Gasteiger partial charge on any atom is 0.419 e. The fourth-order valence-electron chi connectivity index (χ4n) is 2.87. The van der Waals surface area contributed by atoms with E-state index in [0.29, 0.717) is 11.5 Å². The molecule has 1 unspecified atom stereocenters. The normalized spacial score (nSPS) is 13.2. The van der Waals surface area contributed by atoms with Gasteiger partial charge in [0.1, 0.15) is 0 Å². The Labute approximate surface area is 119 Å². The van der Waals surface area contributed by atoms with Crippen molar-refractivity contribution in [1.82, 2.24) is 4.57 Å². The first-order chi connectivity index (χ1) is 9.58. The molecule has 4 heteroatoms. The van der Waals surface area contributed by atoms with Crippen LogP contribution in [0.25, 0.3) is 11.1 Å². The minimum absolute atomic E-state index is 0.00445. The molecule has 0 aliphatic carbocycles. The molecule has 20 heavy (non-hydrogen) atoms. The lowest BCUT2D eigenvalue weighted by molar-refractivity contribution is 0.368. The summed E-state index contributed by atoms with van der Waals surface area (Å²) in [7, 11) is 1.71. The van der Waals surface area contributed by atoms with Crippen LogP contribution in [0.4, 0.5) is 0 Å². The highest BCUT2D eigenvalue weighted by atomic mass is 16.4. The lowest BCUT2D eigenvalue weighted by Gasteiger charge is -2.23. The Hall–Kier alpha value is -1.55. The van der Waals surface area contributed by atoms with Crippen molar-refractivity contribution < 1.29 is 4.42 Å². The molecule has 1 heterocycles. The highest BCUT2D eigenvalue weighted by Crippen LogP contribution is 2.29. The van der Waals surface area contributed by atoms with Gasteiger partial charge in [-0.3, -0.25) is 4.57 Å². The number of nitrogens with zero attached hydrogens (tertiary/aromatic N) is 1. The van der Waals surface area contributed by atoms with Crippen molar-refractivity contribution in [3.8, 4) is 0 Å². The van der Waals surface area contributed by atoms with Gasteiger partial charge in [0.25, 0.3) is 0 Å². The van der Waals surface area contributed by atoms with Gasteiger partial charge in [-0.2, -0.15) is 0 Å². The maximum absolute atomic E-state index is 11.5. The SMILES string of the molecule is CCCC(CCC)C(N)c1ccc2c(c1)oc(=O)n2C. The summed E-state index contributed by atoms with van der Waals surface area (Å²) in [4.78, 5) is 11.5. The van der Waals surface area contributed by atoms with Crippen molar-refractivity contribution in [2.45, 2.75) is 45.6 Å². The fourth-order valence-corrected chi connectivity index (χ4v) is 2.87. The van der Waals surface area contributed by atoms with Crippen molar-refractivity contribution in [3.05, 3.63) is 34.3 Å². The zero-order valence-electron chi connectivity index (χ0n) is 12.6. The molecule has 1 atom stereocenters. The van der Waals surface area contributed by atoms with E-state index in [1.54, 1.807) is 7.05 Å². The molecule has 2 N–H and O–H groups in total. The molecule has 0 aliphatic heterocycles. The van der Waals surface area contributed by atoms with Gasteiger partial charge in [-0.1, -0.05) is 32.8 Å². The number of nitrogens with two attached hydrogens (primary N) is 1. The van der Waals surface area contributed by atoms with E-state index in [9.17, 15) is 4.79 Å². The van der Waals surface area contributed by atoms with Gasteiger partial charge in [-0.15, -0.1) is 0 Å². The molecule has 4 nitrogen and oxygen atoms in total. The summed E-state index contributed by atoms with van der Waals surface area (Å²) in [6.45, 7) is 4.38. The topological polar surface area (TPSA) is 61.2 Å². The Bertz CT molecular complexity index is 621. The van der Waals surface area contributed by atoms with Crippen LogP contribution in [-0.4, -0.2) is 4.57 Å². The molecule has 2 aromatic rings. The molecule has 0 saturated heterocycles. The van der Waals surface area contributed by atoms with Gasteiger partial charge in [-0.25, -0.2) is 4.79 Å². The van der Waals surface area contributed by atoms with Gasteiger partial charge in [0.05, 0.1) is 5.52 Å². The van der Waals surface area contributed by atoms with Gasteiger partial charge >= 0.3 is 5.76 Å². The number of aryl methyl sites for hydroxylation is 1. The summed E-state index contributed by atoms with van der Waals surface area (Å²) in [6.07, 6.45) is 4.54. The van der Waals surface area contributed by atoms with E-state index >= 15 is 0 Å². The molecular weight excluding hydrogens is 252 g/mol. The minimum atomic E-state index is -0.329. The van der Waals surface area contributed by atoms with E-state index in [0.717, 1.165) is 36.8 Å². The molecule has 0 bridgehead atoms. The molecule has 0 fully saturated rings. The van der Waals surface area contributed by atoms with Gasteiger partial charge in [0.15, 0.2) is 5.58 Å². The average molecular weight is 276 g/mol. The van der Waals surface area contributed by atoms with Crippen LogP contribution in [-0.2, 0) is 7.05 Å². The second-order valence-electron chi connectivity index (χ2n) is 5.52. The Balaban J connectivity index is 2.33. The summed E-state index contributed by atoms with van der Waals surface area (Å²) in [5.74, 6) is 0.155. The van der Waals surface area contributed by atoms with Crippen molar-refractivity contribution >= 4 is 11.1 Å². The van der Waals surface area contributed by atoms with Crippen LogP contribution >= 0.6 is 0 Å². The van der Waals surface area contributed by atoms with Crippen LogP contribution in [0, 0.1) is 5.92 Å². The molecule has 2 rings (SSSR count). The lowest BCUT2D eigenvalue weighted by atomic mass is 9.87. The largest absolute Gasteiger partial charge is 0.419 e. The number of fused-ring (bicyclic) bond motifs is 1. The van der Waals surface area contributed by atoms with Gasteiger partial charge in [0.2, 0.25) is 0 Å². The molecule has 0 radical (unpaired) electrons. The quantitative estimate of drug-likeness (QED) is 0.880. The van der Waals surface area contributed by atoms with Crippen molar-refractivity contribution in [2.75, 3.05) is 0 Å². The van der Waals surface area contributed by atoms with Crippen LogP contribution in [0.5, 0.6) is 0 Å². The van der Waals surface area contributed by atoms with Gasteiger partial charge in [-0.05, 0) is 36.5 Å². The smallest absolute Gasteiger partial charge is 0.408 e. The third-order valence-corrected chi connectivity index (χ3v) is 4.03. The Kier molecular flexibility index (Phi) is 4.65. The second kappa shape index (κ2) is 6.27. The number of rotatable bonds is 6. The molecule has 1 aromatic heterocycles. The number of oxazole rings is 1. The number of hydrogen-bond acceptors (Lipinski definition) is 3. The number of benzene rings is 1. The first-order valence-electron chi connectivity index (χ1n) is 7.43. The predicted molar refractivity (Wildman–Crippen MR) is 81.7 cm³/mol. The Morgan fingerprint density at radius 3 is 2.50 bits per heavy atom. The van der Waals surface area contributed by atoms with Crippen molar-refractivity contribution in [1.29, 1.82) is 0 Å². The average Bonchev–Trinajstić information content (AvgIpc) is 2.72. The van der Waals surface area contributed by atoms with Crippen LogP contribution < -0.4 is 11.5 Å². The highest BCUT2D eigenvalue weighted by Gasteiger charge is 2.19. The Morgan fingerprint density at radius 1 is 1.25 bits per heavy atom. The third kappa shape index (κ3) is 2.80.